The number of benzene rings is 1. The van der Waals surface area contributed by atoms with Gasteiger partial charge >= 0.3 is 0 Å². The zero-order chi connectivity index (χ0) is 15.1. The minimum Gasteiger partial charge on any atom is -0.389 e. The summed E-state index contributed by atoms with van der Waals surface area (Å²) in [6.45, 7) is 5.30. The summed E-state index contributed by atoms with van der Waals surface area (Å²) in [7, 11) is 0. The van der Waals surface area contributed by atoms with Crippen molar-refractivity contribution < 1.29 is 4.79 Å². The summed E-state index contributed by atoms with van der Waals surface area (Å²) < 4.78 is 0. The molecule has 0 saturated heterocycles. The fraction of sp³-hybridized carbons (Fsp3) is 0.429. The molecule has 6 heteroatoms. The lowest BCUT2D eigenvalue weighted by Crippen LogP contribution is -2.28. The quantitative estimate of drug-likeness (QED) is 0.677. The molecule has 0 atom stereocenters. The minimum atomic E-state index is 0.0186. The highest BCUT2D eigenvalue weighted by molar-refractivity contribution is 7.80. The standard InChI is InChI=1S/C14H20ClN3OS/c1-9(2)8-18-12(19)6-7-17-11-5-3-4-10(15)13(11)14(16)20/h3-5,9,17H,6-8H2,1-2H3,(H2,16,20)(H,18,19). The van der Waals surface area contributed by atoms with Crippen LogP contribution in [0.1, 0.15) is 25.8 Å². The molecule has 1 rings (SSSR count). The number of carbonyl (C=O) groups is 1. The lowest BCUT2D eigenvalue weighted by molar-refractivity contribution is -0.120. The Balaban J connectivity index is 2.52. The van der Waals surface area contributed by atoms with E-state index in [-0.39, 0.29) is 10.9 Å². The predicted octanol–water partition coefficient (Wildman–Crippen LogP) is 2.55. The number of hydrogen-bond donors (Lipinski definition) is 3. The Hall–Kier alpha value is -1.33. The van der Waals surface area contributed by atoms with Gasteiger partial charge in [0.1, 0.15) is 4.99 Å². The second-order valence-corrected chi connectivity index (χ2v) is 5.75. The first-order valence-electron chi connectivity index (χ1n) is 6.50. The molecule has 4 nitrogen and oxygen atoms in total. The van der Waals surface area contributed by atoms with E-state index in [4.69, 9.17) is 29.6 Å². The number of nitrogens with two attached hydrogens (primary N) is 1. The third-order valence-electron chi connectivity index (χ3n) is 2.64. The van der Waals surface area contributed by atoms with Crippen LogP contribution >= 0.6 is 23.8 Å². The molecule has 20 heavy (non-hydrogen) atoms. The van der Waals surface area contributed by atoms with Crippen molar-refractivity contribution in [2.45, 2.75) is 20.3 Å². The van der Waals surface area contributed by atoms with Gasteiger partial charge in [0, 0.05) is 25.2 Å². The van der Waals surface area contributed by atoms with Gasteiger partial charge in [0.2, 0.25) is 5.91 Å². The van der Waals surface area contributed by atoms with E-state index in [0.29, 0.717) is 36.0 Å². The van der Waals surface area contributed by atoms with Gasteiger partial charge in [-0.2, -0.15) is 0 Å². The Bertz CT molecular complexity index is 491. The van der Waals surface area contributed by atoms with E-state index in [1.807, 2.05) is 12.1 Å². The number of rotatable bonds is 7. The summed E-state index contributed by atoms with van der Waals surface area (Å²) in [5, 5.41) is 6.51. The summed E-state index contributed by atoms with van der Waals surface area (Å²) in [6, 6.07) is 5.38. The van der Waals surface area contributed by atoms with Crippen molar-refractivity contribution in [3.8, 4) is 0 Å². The molecule has 1 aromatic rings. The van der Waals surface area contributed by atoms with Gasteiger partial charge in [-0.15, -0.1) is 0 Å². The van der Waals surface area contributed by atoms with Crippen LogP contribution in [0.5, 0.6) is 0 Å². The molecule has 0 radical (unpaired) electrons. The number of thiocarbonyl (C=S) groups is 1. The van der Waals surface area contributed by atoms with Gasteiger partial charge in [-0.25, -0.2) is 0 Å². The first-order chi connectivity index (χ1) is 9.41. The van der Waals surface area contributed by atoms with Crippen molar-refractivity contribution in [3.05, 3.63) is 28.8 Å². The largest absolute Gasteiger partial charge is 0.389 e. The molecule has 0 heterocycles. The van der Waals surface area contributed by atoms with Gasteiger partial charge in [0.05, 0.1) is 10.6 Å². The fourth-order valence-corrected chi connectivity index (χ4v) is 2.19. The van der Waals surface area contributed by atoms with Crippen LogP contribution in [0.15, 0.2) is 18.2 Å². The molecule has 0 aliphatic carbocycles. The highest BCUT2D eigenvalue weighted by atomic mass is 35.5. The van der Waals surface area contributed by atoms with Crippen molar-refractivity contribution in [3.63, 3.8) is 0 Å². The Morgan fingerprint density at radius 2 is 2.15 bits per heavy atom. The maximum atomic E-state index is 11.6. The van der Waals surface area contributed by atoms with Crippen molar-refractivity contribution in [1.29, 1.82) is 0 Å². The van der Waals surface area contributed by atoms with Gasteiger partial charge in [0.25, 0.3) is 0 Å². The van der Waals surface area contributed by atoms with Crippen LogP contribution in [0.2, 0.25) is 5.02 Å². The molecule has 0 bridgehead atoms. The molecule has 0 aromatic heterocycles. The van der Waals surface area contributed by atoms with Crippen molar-refractivity contribution in [2.75, 3.05) is 18.4 Å². The van der Waals surface area contributed by atoms with Crippen LogP contribution in [0.25, 0.3) is 0 Å². The average Bonchev–Trinajstić information content (AvgIpc) is 2.36. The highest BCUT2D eigenvalue weighted by Crippen LogP contribution is 2.24. The second-order valence-electron chi connectivity index (χ2n) is 4.90. The lowest BCUT2D eigenvalue weighted by atomic mass is 10.1. The summed E-state index contributed by atoms with van der Waals surface area (Å²) in [4.78, 5) is 11.8. The van der Waals surface area contributed by atoms with E-state index in [1.165, 1.54) is 0 Å². The molecule has 0 unspecified atom stereocenters. The van der Waals surface area contributed by atoms with Crippen LogP contribution in [0.4, 0.5) is 5.69 Å². The van der Waals surface area contributed by atoms with Crippen LogP contribution < -0.4 is 16.4 Å². The SMILES string of the molecule is CC(C)CNC(=O)CCNc1cccc(Cl)c1C(N)=S. The summed E-state index contributed by atoms with van der Waals surface area (Å²) in [5.41, 5.74) is 7.02. The minimum absolute atomic E-state index is 0.0186. The van der Waals surface area contributed by atoms with Gasteiger partial charge in [-0.05, 0) is 18.1 Å². The molecule has 0 aliphatic heterocycles. The summed E-state index contributed by atoms with van der Waals surface area (Å²) >= 11 is 11.0. The van der Waals surface area contributed by atoms with Crippen molar-refractivity contribution in [2.24, 2.45) is 11.7 Å². The lowest BCUT2D eigenvalue weighted by Gasteiger charge is -2.13. The molecule has 0 spiro atoms. The zero-order valence-corrected chi connectivity index (χ0v) is 13.3. The normalized spacial score (nSPS) is 10.4. The summed E-state index contributed by atoms with van der Waals surface area (Å²) in [6.07, 6.45) is 0.385. The highest BCUT2D eigenvalue weighted by Gasteiger charge is 2.10. The maximum Gasteiger partial charge on any atom is 0.221 e. The number of halogens is 1. The van der Waals surface area contributed by atoms with Gasteiger partial charge in [0.15, 0.2) is 0 Å². The van der Waals surface area contributed by atoms with E-state index >= 15 is 0 Å². The Labute approximate surface area is 130 Å². The smallest absolute Gasteiger partial charge is 0.221 e. The Morgan fingerprint density at radius 1 is 1.45 bits per heavy atom. The molecule has 0 fully saturated rings. The molecule has 0 aliphatic rings. The maximum absolute atomic E-state index is 11.6. The van der Waals surface area contributed by atoms with E-state index in [2.05, 4.69) is 24.5 Å². The van der Waals surface area contributed by atoms with Crippen LogP contribution in [0, 0.1) is 5.92 Å². The Morgan fingerprint density at radius 3 is 2.75 bits per heavy atom. The number of carbonyl (C=O) groups excluding carboxylic acids is 1. The van der Waals surface area contributed by atoms with Gasteiger partial charge < -0.3 is 16.4 Å². The molecule has 110 valence electrons. The molecule has 1 aromatic carbocycles. The van der Waals surface area contributed by atoms with E-state index in [9.17, 15) is 4.79 Å². The van der Waals surface area contributed by atoms with Crippen LogP contribution in [0.3, 0.4) is 0 Å². The van der Waals surface area contributed by atoms with E-state index < -0.39 is 0 Å². The topological polar surface area (TPSA) is 67.2 Å². The van der Waals surface area contributed by atoms with Gasteiger partial charge in [-0.3, -0.25) is 4.79 Å². The number of anilines is 1. The van der Waals surface area contributed by atoms with Gasteiger partial charge in [-0.1, -0.05) is 43.7 Å². The van der Waals surface area contributed by atoms with E-state index in [1.54, 1.807) is 6.07 Å². The van der Waals surface area contributed by atoms with E-state index in [0.717, 1.165) is 5.69 Å². The number of nitrogens with one attached hydrogen (secondary N) is 2. The summed E-state index contributed by atoms with van der Waals surface area (Å²) in [5.74, 6) is 0.464. The molecule has 4 N–H and O–H groups in total. The monoisotopic (exact) mass is 313 g/mol. The van der Waals surface area contributed by atoms with Crippen molar-refractivity contribution in [1.82, 2.24) is 5.32 Å². The molecule has 0 saturated carbocycles. The third kappa shape index (κ3) is 5.35. The van der Waals surface area contributed by atoms with Crippen LogP contribution in [-0.4, -0.2) is 24.0 Å². The molecule has 1 amide bonds. The first-order valence-corrected chi connectivity index (χ1v) is 7.29. The number of amides is 1. The second kappa shape index (κ2) is 8.07. The molecular weight excluding hydrogens is 294 g/mol. The molecular formula is C14H20ClN3OS. The fourth-order valence-electron chi connectivity index (χ4n) is 1.64. The Kier molecular flexibility index (Phi) is 6.75. The number of hydrogen-bond acceptors (Lipinski definition) is 3. The third-order valence-corrected chi connectivity index (χ3v) is 3.15. The average molecular weight is 314 g/mol. The first kappa shape index (κ1) is 16.7. The predicted molar refractivity (Wildman–Crippen MR) is 88.3 cm³/mol. The van der Waals surface area contributed by atoms with Crippen LogP contribution in [-0.2, 0) is 4.79 Å². The van der Waals surface area contributed by atoms with Crippen molar-refractivity contribution >= 4 is 40.4 Å². The zero-order valence-electron chi connectivity index (χ0n) is 11.7.